The van der Waals surface area contributed by atoms with Crippen LogP contribution in [0.5, 0.6) is 0 Å². The van der Waals surface area contributed by atoms with Gasteiger partial charge in [0, 0.05) is 14.2 Å². The zero-order chi connectivity index (χ0) is 14.9. The average Bonchev–Trinajstić information content (AvgIpc) is 2.70. The Kier molecular flexibility index (Phi) is 4.45. The van der Waals surface area contributed by atoms with E-state index in [-0.39, 0.29) is 11.6 Å². The smallest absolute Gasteiger partial charge is 0.252 e. The van der Waals surface area contributed by atoms with Crippen molar-refractivity contribution in [2.24, 2.45) is 0 Å². The number of nitrogens with two attached hydrogens (primary N) is 1. The summed E-state index contributed by atoms with van der Waals surface area (Å²) in [6.07, 6.45) is 0. The van der Waals surface area contributed by atoms with Crippen LogP contribution in [0, 0.1) is 19.7 Å². The zero-order valence-corrected chi connectivity index (χ0v) is 13.5. The van der Waals surface area contributed by atoms with Crippen LogP contribution in [-0.2, 0) is 6.54 Å². The third kappa shape index (κ3) is 3.19. The fourth-order valence-electron chi connectivity index (χ4n) is 1.74. The van der Waals surface area contributed by atoms with E-state index >= 15 is 0 Å². The molecule has 3 nitrogen and oxygen atoms in total. The van der Waals surface area contributed by atoms with Crippen LogP contribution in [-0.4, -0.2) is 5.91 Å². The third-order valence-corrected chi connectivity index (χ3v) is 4.78. The van der Waals surface area contributed by atoms with Gasteiger partial charge in [0.2, 0.25) is 0 Å². The standard InChI is InChI=1S/C14H14BrFN2OS/c1-7-3-9(20-8(7)2)6-18-14(19)10-4-13(17)12(16)5-11(10)15/h3-5H,6,17H2,1-2H3,(H,18,19). The number of carbonyl (C=O) groups excluding carboxylic acids is 1. The van der Waals surface area contributed by atoms with Gasteiger partial charge in [0.1, 0.15) is 5.82 Å². The highest BCUT2D eigenvalue weighted by Crippen LogP contribution is 2.24. The summed E-state index contributed by atoms with van der Waals surface area (Å²) < 4.78 is 13.6. The Morgan fingerprint density at radius 2 is 2.10 bits per heavy atom. The first-order chi connectivity index (χ1) is 9.38. The van der Waals surface area contributed by atoms with Crippen LogP contribution < -0.4 is 11.1 Å². The summed E-state index contributed by atoms with van der Waals surface area (Å²) >= 11 is 4.82. The first kappa shape index (κ1) is 15.0. The topological polar surface area (TPSA) is 55.1 Å². The maximum Gasteiger partial charge on any atom is 0.252 e. The summed E-state index contributed by atoms with van der Waals surface area (Å²) in [5, 5.41) is 2.81. The molecule has 0 atom stereocenters. The van der Waals surface area contributed by atoms with E-state index in [1.165, 1.54) is 22.6 Å². The lowest BCUT2D eigenvalue weighted by atomic mass is 10.2. The number of halogens is 2. The number of aryl methyl sites for hydroxylation is 2. The number of thiophene rings is 1. The Labute approximate surface area is 129 Å². The van der Waals surface area contributed by atoms with E-state index < -0.39 is 5.82 Å². The van der Waals surface area contributed by atoms with E-state index in [0.29, 0.717) is 16.6 Å². The number of hydrogen-bond acceptors (Lipinski definition) is 3. The maximum absolute atomic E-state index is 13.2. The minimum Gasteiger partial charge on any atom is -0.396 e. The van der Waals surface area contributed by atoms with Gasteiger partial charge in [-0.15, -0.1) is 11.3 Å². The second-order valence-corrected chi connectivity index (χ2v) is 6.68. The van der Waals surface area contributed by atoms with Crippen LogP contribution in [0.15, 0.2) is 22.7 Å². The van der Waals surface area contributed by atoms with Crippen molar-refractivity contribution >= 4 is 38.9 Å². The van der Waals surface area contributed by atoms with Crippen LogP contribution in [0.25, 0.3) is 0 Å². The lowest BCUT2D eigenvalue weighted by molar-refractivity contribution is 0.0950. The molecule has 2 rings (SSSR count). The number of nitrogens with one attached hydrogen (secondary N) is 1. The predicted octanol–water partition coefficient (Wildman–Crippen LogP) is 3.78. The molecular formula is C14H14BrFN2OS. The van der Waals surface area contributed by atoms with Crippen molar-refractivity contribution in [1.82, 2.24) is 5.32 Å². The lowest BCUT2D eigenvalue weighted by Crippen LogP contribution is -2.23. The summed E-state index contributed by atoms with van der Waals surface area (Å²) in [6, 6.07) is 4.58. The molecule has 0 aliphatic heterocycles. The summed E-state index contributed by atoms with van der Waals surface area (Å²) in [4.78, 5) is 14.4. The number of hydrogen-bond donors (Lipinski definition) is 2. The highest BCUT2D eigenvalue weighted by Gasteiger charge is 2.13. The quantitative estimate of drug-likeness (QED) is 0.822. The van der Waals surface area contributed by atoms with Crippen molar-refractivity contribution < 1.29 is 9.18 Å². The van der Waals surface area contributed by atoms with Gasteiger partial charge in [0.05, 0.1) is 17.8 Å². The highest BCUT2D eigenvalue weighted by atomic mass is 79.9. The van der Waals surface area contributed by atoms with E-state index in [9.17, 15) is 9.18 Å². The predicted molar refractivity (Wildman–Crippen MR) is 83.5 cm³/mol. The molecule has 0 bridgehead atoms. The first-order valence-electron chi connectivity index (χ1n) is 5.97. The van der Waals surface area contributed by atoms with Gasteiger partial charge in [-0.3, -0.25) is 4.79 Å². The number of nitrogen functional groups attached to an aromatic ring is 1. The van der Waals surface area contributed by atoms with E-state index in [1.54, 1.807) is 11.3 Å². The number of rotatable bonds is 3. The molecule has 1 heterocycles. The molecule has 0 aliphatic carbocycles. The second kappa shape index (κ2) is 5.93. The van der Waals surface area contributed by atoms with Crippen molar-refractivity contribution in [3.05, 3.63) is 49.4 Å². The van der Waals surface area contributed by atoms with Gasteiger partial charge >= 0.3 is 0 Å². The molecule has 1 amide bonds. The fourth-order valence-corrected chi connectivity index (χ4v) is 3.23. The molecule has 6 heteroatoms. The Bertz CT molecular complexity index is 650. The SMILES string of the molecule is Cc1cc(CNC(=O)c2cc(N)c(F)cc2Br)sc1C. The summed E-state index contributed by atoms with van der Waals surface area (Å²) in [5.41, 5.74) is 6.99. The largest absolute Gasteiger partial charge is 0.396 e. The first-order valence-corrected chi connectivity index (χ1v) is 7.58. The molecule has 20 heavy (non-hydrogen) atoms. The molecule has 0 unspecified atom stereocenters. The van der Waals surface area contributed by atoms with Gasteiger partial charge in [0.25, 0.3) is 5.91 Å². The van der Waals surface area contributed by atoms with Crippen molar-refractivity contribution in [1.29, 1.82) is 0 Å². The van der Waals surface area contributed by atoms with Gasteiger partial charge in [0.15, 0.2) is 0 Å². The van der Waals surface area contributed by atoms with Gasteiger partial charge in [-0.1, -0.05) is 0 Å². The van der Waals surface area contributed by atoms with Crippen LogP contribution >= 0.6 is 27.3 Å². The minimum atomic E-state index is -0.544. The van der Waals surface area contributed by atoms with E-state index in [0.717, 1.165) is 4.88 Å². The monoisotopic (exact) mass is 356 g/mol. The Balaban J connectivity index is 2.11. The number of carbonyl (C=O) groups is 1. The summed E-state index contributed by atoms with van der Waals surface area (Å²) in [5.74, 6) is -0.829. The average molecular weight is 357 g/mol. The number of benzene rings is 1. The Morgan fingerprint density at radius 3 is 2.70 bits per heavy atom. The number of anilines is 1. The van der Waals surface area contributed by atoms with Crippen molar-refractivity contribution in [3.63, 3.8) is 0 Å². The van der Waals surface area contributed by atoms with Gasteiger partial charge in [-0.2, -0.15) is 0 Å². The molecule has 1 aromatic heterocycles. The highest BCUT2D eigenvalue weighted by molar-refractivity contribution is 9.10. The Hall–Kier alpha value is -1.40. The molecule has 0 aliphatic rings. The van der Waals surface area contributed by atoms with E-state index in [2.05, 4.69) is 21.2 Å². The molecule has 0 radical (unpaired) electrons. The van der Waals surface area contributed by atoms with Gasteiger partial charge in [-0.05, 0) is 53.5 Å². The van der Waals surface area contributed by atoms with E-state index in [4.69, 9.17) is 5.73 Å². The molecule has 1 aromatic carbocycles. The lowest BCUT2D eigenvalue weighted by Gasteiger charge is -2.07. The fraction of sp³-hybridized carbons (Fsp3) is 0.214. The van der Waals surface area contributed by atoms with Gasteiger partial charge < -0.3 is 11.1 Å². The zero-order valence-electron chi connectivity index (χ0n) is 11.1. The third-order valence-electron chi connectivity index (χ3n) is 2.97. The van der Waals surface area contributed by atoms with Crippen molar-refractivity contribution in [3.8, 4) is 0 Å². The van der Waals surface area contributed by atoms with Crippen LogP contribution in [0.2, 0.25) is 0 Å². The molecular weight excluding hydrogens is 343 g/mol. The van der Waals surface area contributed by atoms with Crippen LogP contribution in [0.4, 0.5) is 10.1 Å². The van der Waals surface area contributed by atoms with Crippen LogP contribution in [0.3, 0.4) is 0 Å². The molecule has 3 N–H and O–H groups in total. The molecule has 106 valence electrons. The number of amides is 1. The van der Waals surface area contributed by atoms with Crippen molar-refractivity contribution in [2.45, 2.75) is 20.4 Å². The molecule has 2 aromatic rings. The molecule has 0 fully saturated rings. The minimum absolute atomic E-state index is 0.0406. The molecule has 0 saturated carbocycles. The van der Waals surface area contributed by atoms with E-state index in [1.807, 2.05) is 19.9 Å². The molecule has 0 saturated heterocycles. The van der Waals surface area contributed by atoms with Gasteiger partial charge in [-0.25, -0.2) is 4.39 Å². The van der Waals surface area contributed by atoms with Crippen LogP contribution in [0.1, 0.15) is 25.7 Å². The maximum atomic E-state index is 13.2. The Morgan fingerprint density at radius 1 is 1.40 bits per heavy atom. The normalized spacial score (nSPS) is 10.6. The molecule has 0 spiro atoms. The summed E-state index contributed by atoms with van der Waals surface area (Å²) in [6.45, 7) is 4.53. The summed E-state index contributed by atoms with van der Waals surface area (Å²) in [7, 11) is 0. The van der Waals surface area contributed by atoms with Crippen molar-refractivity contribution in [2.75, 3.05) is 5.73 Å². The second-order valence-electron chi connectivity index (χ2n) is 4.49.